The van der Waals surface area contributed by atoms with Crippen LogP contribution in [-0.4, -0.2) is 19.1 Å². The van der Waals surface area contributed by atoms with Crippen LogP contribution < -0.4 is 10.1 Å². The number of aromatic nitrogens is 1. The number of pyridine rings is 1. The minimum absolute atomic E-state index is 0.342. The van der Waals surface area contributed by atoms with Crippen LogP contribution in [0.2, 0.25) is 5.02 Å². The van der Waals surface area contributed by atoms with Crippen molar-refractivity contribution in [3.8, 4) is 5.75 Å². The smallest absolute Gasteiger partial charge is 0.146 e. The first-order valence-corrected chi connectivity index (χ1v) is 6.16. The minimum atomic E-state index is -0.354. The Labute approximate surface area is 116 Å². The van der Waals surface area contributed by atoms with E-state index < -0.39 is 0 Å². The van der Waals surface area contributed by atoms with Gasteiger partial charge in [-0.3, -0.25) is 4.98 Å². The van der Waals surface area contributed by atoms with Gasteiger partial charge in [0.05, 0.1) is 23.9 Å². The van der Waals surface area contributed by atoms with Gasteiger partial charge in [0.2, 0.25) is 0 Å². The van der Waals surface area contributed by atoms with E-state index in [9.17, 15) is 4.39 Å². The molecule has 1 heterocycles. The molecule has 0 bridgehead atoms. The van der Waals surface area contributed by atoms with Gasteiger partial charge in [-0.1, -0.05) is 17.7 Å². The Morgan fingerprint density at radius 3 is 2.79 bits per heavy atom. The van der Waals surface area contributed by atoms with E-state index in [0.29, 0.717) is 16.5 Å². The number of hydrogen-bond donors (Lipinski definition) is 1. The maximum absolute atomic E-state index is 13.8. The second-order valence-corrected chi connectivity index (χ2v) is 4.39. The molecule has 19 heavy (non-hydrogen) atoms. The number of benzene rings is 1. The molecule has 100 valence electrons. The molecule has 0 amide bonds. The second-order valence-electron chi connectivity index (χ2n) is 3.99. The lowest BCUT2D eigenvalue weighted by Crippen LogP contribution is -2.20. The Bertz CT molecular complexity index is 577. The fourth-order valence-corrected chi connectivity index (χ4v) is 2.12. The van der Waals surface area contributed by atoms with E-state index in [4.69, 9.17) is 16.3 Å². The largest absolute Gasteiger partial charge is 0.495 e. The summed E-state index contributed by atoms with van der Waals surface area (Å²) in [4.78, 5) is 4.09. The second kappa shape index (κ2) is 5.99. The summed E-state index contributed by atoms with van der Waals surface area (Å²) in [7, 11) is 3.29. The molecule has 1 aromatic carbocycles. The molecule has 3 nitrogen and oxygen atoms in total. The quantitative estimate of drug-likeness (QED) is 0.934. The number of methoxy groups -OCH3 is 1. The molecular weight excluding hydrogens is 267 g/mol. The average Bonchev–Trinajstić information content (AvgIpc) is 2.43. The first-order chi connectivity index (χ1) is 9.17. The van der Waals surface area contributed by atoms with Crippen LogP contribution in [0.4, 0.5) is 4.39 Å². The van der Waals surface area contributed by atoms with Crippen molar-refractivity contribution >= 4 is 11.6 Å². The highest BCUT2D eigenvalue weighted by molar-refractivity contribution is 6.32. The van der Waals surface area contributed by atoms with Crippen molar-refractivity contribution in [1.82, 2.24) is 10.3 Å². The predicted octanol–water partition coefficient (Wildman–Crippen LogP) is 3.19. The summed E-state index contributed by atoms with van der Waals surface area (Å²) >= 11 is 5.99. The van der Waals surface area contributed by atoms with Crippen LogP contribution in [0.1, 0.15) is 17.3 Å². The molecule has 0 saturated heterocycles. The fourth-order valence-electron chi connectivity index (χ4n) is 1.93. The van der Waals surface area contributed by atoms with E-state index in [1.54, 1.807) is 38.6 Å². The van der Waals surface area contributed by atoms with Crippen LogP contribution >= 0.6 is 11.6 Å². The van der Waals surface area contributed by atoms with Gasteiger partial charge in [0, 0.05) is 6.20 Å². The number of nitrogens with one attached hydrogen (secondary N) is 1. The first-order valence-electron chi connectivity index (χ1n) is 5.78. The molecule has 2 aromatic rings. The maximum atomic E-state index is 13.8. The maximum Gasteiger partial charge on any atom is 0.146 e. The van der Waals surface area contributed by atoms with Gasteiger partial charge in [-0.2, -0.15) is 0 Å². The lowest BCUT2D eigenvalue weighted by molar-refractivity contribution is 0.414. The third-order valence-electron chi connectivity index (χ3n) is 2.86. The first kappa shape index (κ1) is 13.8. The molecule has 1 aromatic heterocycles. The van der Waals surface area contributed by atoms with Crippen molar-refractivity contribution in [2.75, 3.05) is 14.2 Å². The molecule has 0 saturated carbocycles. The summed E-state index contributed by atoms with van der Waals surface area (Å²) in [5, 5.41) is 3.56. The molecule has 0 radical (unpaired) electrons. The SMILES string of the molecule is CNC(c1ccc(Cl)c(OC)c1)c1ncccc1F. The van der Waals surface area contributed by atoms with E-state index >= 15 is 0 Å². The Hall–Kier alpha value is -1.65. The van der Waals surface area contributed by atoms with Crippen molar-refractivity contribution in [2.24, 2.45) is 0 Å². The van der Waals surface area contributed by atoms with Crippen LogP contribution in [-0.2, 0) is 0 Å². The Kier molecular flexibility index (Phi) is 4.35. The van der Waals surface area contributed by atoms with Crippen LogP contribution in [0.25, 0.3) is 0 Å². The zero-order valence-corrected chi connectivity index (χ0v) is 11.4. The summed E-state index contributed by atoms with van der Waals surface area (Å²) in [5.41, 5.74) is 1.18. The number of halogens is 2. The number of hydrogen-bond acceptors (Lipinski definition) is 3. The van der Waals surface area contributed by atoms with Crippen LogP contribution in [0.5, 0.6) is 5.75 Å². The Balaban J connectivity index is 2.45. The molecule has 0 aliphatic rings. The van der Waals surface area contributed by atoms with Crippen molar-refractivity contribution in [3.63, 3.8) is 0 Å². The number of nitrogens with zero attached hydrogens (tertiary/aromatic N) is 1. The zero-order valence-electron chi connectivity index (χ0n) is 10.7. The summed E-state index contributed by atoms with van der Waals surface area (Å²) in [6.45, 7) is 0. The minimum Gasteiger partial charge on any atom is -0.495 e. The number of ether oxygens (including phenoxy) is 1. The van der Waals surface area contributed by atoms with Gasteiger partial charge in [0.1, 0.15) is 11.6 Å². The van der Waals surface area contributed by atoms with Crippen LogP contribution in [0.3, 0.4) is 0 Å². The van der Waals surface area contributed by atoms with Crippen molar-refractivity contribution < 1.29 is 9.13 Å². The summed E-state index contributed by atoms with van der Waals surface area (Å²) < 4.78 is 19.0. The van der Waals surface area contributed by atoms with Gasteiger partial charge in [-0.05, 0) is 36.9 Å². The van der Waals surface area contributed by atoms with E-state index in [2.05, 4.69) is 10.3 Å². The highest BCUT2D eigenvalue weighted by Crippen LogP contribution is 2.30. The normalized spacial score (nSPS) is 12.2. The summed E-state index contributed by atoms with van der Waals surface area (Å²) in [6, 6.07) is 7.92. The molecular formula is C14H14ClFN2O. The van der Waals surface area contributed by atoms with Gasteiger partial charge < -0.3 is 10.1 Å². The van der Waals surface area contributed by atoms with E-state index in [1.807, 2.05) is 6.07 Å². The Morgan fingerprint density at radius 1 is 1.37 bits per heavy atom. The lowest BCUT2D eigenvalue weighted by Gasteiger charge is -2.17. The van der Waals surface area contributed by atoms with Gasteiger partial charge in [-0.15, -0.1) is 0 Å². The topological polar surface area (TPSA) is 34.1 Å². The van der Waals surface area contributed by atoms with E-state index in [-0.39, 0.29) is 11.9 Å². The van der Waals surface area contributed by atoms with E-state index in [0.717, 1.165) is 5.56 Å². The molecule has 0 aliphatic heterocycles. The molecule has 0 fully saturated rings. The van der Waals surface area contributed by atoms with Gasteiger partial charge in [0.25, 0.3) is 0 Å². The molecule has 1 atom stereocenters. The summed E-state index contributed by atoms with van der Waals surface area (Å²) in [6.07, 6.45) is 1.57. The predicted molar refractivity (Wildman–Crippen MR) is 73.1 cm³/mol. The number of rotatable bonds is 4. The molecule has 2 rings (SSSR count). The Morgan fingerprint density at radius 2 is 2.16 bits per heavy atom. The van der Waals surface area contributed by atoms with Gasteiger partial charge >= 0.3 is 0 Å². The highest BCUT2D eigenvalue weighted by atomic mass is 35.5. The highest BCUT2D eigenvalue weighted by Gasteiger charge is 2.18. The monoisotopic (exact) mass is 280 g/mol. The van der Waals surface area contributed by atoms with Gasteiger partial charge in [-0.25, -0.2) is 4.39 Å². The van der Waals surface area contributed by atoms with Crippen molar-refractivity contribution in [2.45, 2.75) is 6.04 Å². The average molecular weight is 281 g/mol. The molecule has 0 spiro atoms. The lowest BCUT2D eigenvalue weighted by atomic mass is 10.0. The molecule has 1 unspecified atom stereocenters. The van der Waals surface area contributed by atoms with E-state index in [1.165, 1.54) is 6.07 Å². The fraction of sp³-hybridized carbons (Fsp3) is 0.214. The van der Waals surface area contributed by atoms with Crippen LogP contribution in [0.15, 0.2) is 36.5 Å². The van der Waals surface area contributed by atoms with Crippen molar-refractivity contribution in [3.05, 3.63) is 58.6 Å². The zero-order chi connectivity index (χ0) is 13.8. The molecule has 1 N–H and O–H groups in total. The van der Waals surface area contributed by atoms with Gasteiger partial charge in [0.15, 0.2) is 0 Å². The third kappa shape index (κ3) is 2.85. The third-order valence-corrected chi connectivity index (χ3v) is 3.17. The standard InChI is InChI=1S/C14H14ClFN2O/c1-17-13(14-11(16)4-3-7-18-14)9-5-6-10(15)12(8-9)19-2/h3-8,13,17H,1-2H3. The molecule has 0 aliphatic carbocycles. The summed E-state index contributed by atoms with van der Waals surface area (Å²) in [5.74, 6) is 0.200. The van der Waals surface area contributed by atoms with Crippen molar-refractivity contribution in [1.29, 1.82) is 0 Å². The molecule has 5 heteroatoms. The van der Waals surface area contributed by atoms with Crippen LogP contribution in [0, 0.1) is 5.82 Å².